The smallest absolute Gasteiger partial charge is 0.381 e. The lowest BCUT2D eigenvalue weighted by molar-refractivity contribution is -0.128. The van der Waals surface area contributed by atoms with Crippen LogP contribution < -0.4 is 15.5 Å². The molecule has 0 bridgehead atoms. The van der Waals surface area contributed by atoms with Crippen LogP contribution in [0, 0.1) is 0 Å². The van der Waals surface area contributed by atoms with Gasteiger partial charge in [-0.25, -0.2) is 15.3 Å². The molecule has 0 saturated carbocycles. The summed E-state index contributed by atoms with van der Waals surface area (Å²) < 4.78 is 5.98. The Morgan fingerprint density at radius 2 is 2.24 bits per heavy atom. The lowest BCUT2D eigenvalue weighted by Gasteiger charge is -2.02. The second-order valence-corrected chi connectivity index (χ2v) is 7.13. The zero-order valence-electron chi connectivity index (χ0n) is 10.5. The van der Waals surface area contributed by atoms with Gasteiger partial charge in [-0.2, -0.15) is 0 Å². The standard InChI is InChI=1S/C11H10BrN3O4S2/c12-8-2-1-7(21-8)4-13-10(17)19-11-14-6(5-20-11)3-9(16)15-18/h1-2,5,18H,3-4H2,(H,13,17)(H,15,16). The van der Waals surface area contributed by atoms with E-state index in [1.165, 1.54) is 16.8 Å². The van der Waals surface area contributed by atoms with Crippen LogP contribution in [0.4, 0.5) is 4.79 Å². The van der Waals surface area contributed by atoms with Crippen LogP contribution in [-0.2, 0) is 17.8 Å². The number of thiazole rings is 1. The molecule has 0 aliphatic carbocycles. The van der Waals surface area contributed by atoms with E-state index in [4.69, 9.17) is 9.94 Å². The molecule has 10 heteroatoms. The molecule has 0 fully saturated rings. The molecular formula is C11H10BrN3O4S2. The number of aromatic nitrogens is 1. The van der Waals surface area contributed by atoms with Crippen molar-refractivity contribution in [1.82, 2.24) is 15.8 Å². The maximum atomic E-state index is 11.6. The van der Waals surface area contributed by atoms with Gasteiger partial charge in [-0.1, -0.05) is 11.3 Å². The zero-order valence-corrected chi connectivity index (χ0v) is 13.7. The average molecular weight is 392 g/mol. The molecule has 2 aromatic heterocycles. The number of amides is 2. The van der Waals surface area contributed by atoms with Gasteiger partial charge in [0.15, 0.2) is 0 Å². The van der Waals surface area contributed by atoms with E-state index in [1.54, 1.807) is 5.38 Å². The summed E-state index contributed by atoms with van der Waals surface area (Å²) in [5.41, 5.74) is 1.92. The Morgan fingerprint density at radius 1 is 1.43 bits per heavy atom. The van der Waals surface area contributed by atoms with Gasteiger partial charge in [0.05, 0.1) is 22.4 Å². The van der Waals surface area contributed by atoms with Gasteiger partial charge in [0, 0.05) is 10.3 Å². The predicted octanol–water partition coefficient (Wildman–Crippen LogP) is 2.30. The van der Waals surface area contributed by atoms with Crippen LogP contribution in [0.1, 0.15) is 10.6 Å². The highest BCUT2D eigenvalue weighted by Crippen LogP contribution is 2.22. The summed E-state index contributed by atoms with van der Waals surface area (Å²) in [5.74, 6) is -0.584. The highest BCUT2D eigenvalue weighted by molar-refractivity contribution is 9.11. The summed E-state index contributed by atoms with van der Waals surface area (Å²) in [7, 11) is 0. The van der Waals surface area contributed by atoms with Gasteiger partial charge in [-0.3, -0.25) is 10.0 Å². The highest BCUT2D eigenvalue weighted by Gasteiger charge is 2.11. The van der Waals surface area contributed by atoms with Crippen molar-refractivity contribution in [1.29, 1.82) is 0 Å². The molecule has 2 aromatic rings. The Hall–Kier alpha value is -1.49. The lowest BCUT2D eigenvalue weighted by atomic mass is 10.3. The van der Waals surface area contributed by atoms with E-state index in [1.807, 2.05) is 12.1 Å². The summed E-state index contributed by atoms with van der Waals surface area (Å²) in [6.07, 6.45) is -0.701. The number of carbonyl (C=O) groups excluding carboxylic acids is 2. The molecule has 0 atom stereocenters. The predicted molar refractivity (Wildman–Crippen MR) is 80.6 cm³/mol. The summed E-state index contributed by atoms with van der Waals surface area (Å²) in [6, 6.07) is 3.79. The first-order chi connectivity index (χ1) is 10.1. The zero-order chi connectivity index (χ0) is 15.2. The number of rotatable bonds is 5. The van der Waals surface area contributed by atoms with E-state index in [0.29, 0.717) is 12.2 Å². The van der Waals surface area contributed by atoms with Crippen molar-refractivity contribution in [2.45, 2.75) is 13.0 Å². The maximum absolute atomic E-state index is 11.6. The van der Waals surface area contributed by atoms with E-state index in [0.717, 1.165) is 20.0 Å². The van der Waals surface area contributed by atoms with Crippen LogP contribution in [0.2, 0.25) is 0 Å². The normalized spacial score (nSPS) is 10.2. The Morgan fingerprint density at radius 3 is 2.90 bits per heavy atom. The van der Waals surface area contributed by atoms with Crippen molar-refractivity contribution in [3.8, 4) is 5.19 Å². The van der Waals surface area contributed by atoms with Crippen molar-refractivity contribution >= 4 is 50.6 Å². The first-order valence-corrected chi connectivity index (χ1v) is 8.13. The SMILES string of the molecule is O=C(Cc1csc(OC(=O)NCc2ccc(Br)s2)n1)NO. The molecule has 3 N–H and O–H groups in total. The molecule has 2 amide bonds. The van der Waals surface area contributed by atoms with Crippen LogP contribution in [0.15, 0.2) is 21.3 Å². The van der Waals surface area contributed by atoms with Gasteiger partial charge in [-0.15, -0.1) is 11.3 Å². The second-order valence-electron chi connectivity index (χ2n) is 3.77. The minimum absolute atomic E-state index is 0.0821. The third-order valence-corrected chi connectivity index (χ3v) is 4.60. The van der Waals surface area contributed by atoms with Gasteiger partial charge in [0.25, 0.3) is 5.19 Å². The first-order valence-electron chi connectivity index (χ1n) is 5.64. The number of halogens is 1. The Balaban J connectivity index is 1.81. The number of ether oxygens (including phenoxy) is 1. The van der Waals surface area contributed by atoms with Crippen LogP contribution >= 0.6 is 38.6 Å². The topological polar surface area (TPSA) is 101 Å². The van der Waals surface area contributed by atoms with Gasteiger partial charge >= 0.3 is 6.09 Å². The van der Waals surface area contributed by atoms with Crippen molar-refractivity contribution in [3.05, 3.63) is 31.9 Å². The fraction of sp³-hybridized carbons (Fsp3) is 0.182. The number of nitrogens with zero attached hydrogens (tertiary/aromatic N) is 1. The molecule has 7 nitrogen and oxygen atoms in total. The van der Waals surface area contributed by atoms with Crippen LogP contribution in [0.25, 0.3) is 0 Å². The third-order valence-electron chi connectivity index (χ3n) is 2.21. The number of thiophene rings is 1. The molecule has 0 radical (unpaired) electrons. The fourth-order valence-electron chi connectivity index (χ4n) is 1.34. The molecule has 0 aliphatic heterocycles. The van der Waals surface area contributed by atoms with Crippen molar-refractivity contribution in [3.63, 3.8) is 0 Å². The summed E-state index contributed by atoms with van der Waals surface area (Å²) in [6.45, 7) is 0.361. The summed E-state index contributed by atoms with van der Waals surface area (Å²) in [5, 5.41) is 12.7. The van der Waals surface area contributed by atoms with Crippen LogP contribution in [0.5, 0.6) is 5.19 Å². The minimum atomic E-state index is -0.618. The molecule has 2 heterocycles. The maximum Gasteiger partial charge on any atom is 0.414 e. The van der Waals surface area contributed by atoms with E-state index in [9.17, 15) is 9.59 Å². The minimum Gasteiger partial charge on any atom is -0.381 e. The van der Waals surface area contributed by atoms with E-state index in [-0.39, 0.29) is 11.6 Å². The molecule has 0 saturated heterocycles. The highest BCUT2D eigenvalue weighted by atomic mass is 79.9. The van der Waals surface area contributed by atoms with E-state index < -0.39 is 12.0 Å². The van der Waals surface area contributed by atoms with E-state index >= 15 is 0 Å². The molecule has 0 aromatic carbocycles. The molecule has 112 valence electrons. The van der Waals surface area contributed by atoms with Crippen molar-refractivity contribution < 1.29 is 19.5 Å². The third kappa shape index (κ3) is 5.08. The largest absolute Gasteiger partial charge is 0.414 e. The fourth-order valence-corrected chi connectivity index (χ4v) is 3.43. The summed E-state index contributed by atoms with van der Waals surface area (Å²) in [4.78, 5) is 27.5. The number of hydrogen-bond acceptors (Lipinski definition) is 7. The Labute approximate surface area is 136 Å². The van der Waals surface area contributed by atoms with Crippen LogP contribution in [-0.4, -0.2) is 22.2 Å². The number of nitrogens with one attached hydrogen (secondary N) is 2. The average Bonchev–Trinajstić information content (AvgIpc) is 3.05. The van der Waals surface area contributed by atoms with Gasteiger partial charge in [0.2, 0.25) is 5.91 Å². The van der Waals surface area contributed by atoms with Crippen molar-refractivity contribution in [2.75, 3.05) is 0 Å². The number of carbonyl (C=O) groups is 2. The first kappa shape index (κ1) is 15.9. The Bertz CT molecular complexity index is 643. The summed E-state index contributed by atoms with van der Waals surface area (Å²) >= 11 is 5.95. The second kappa shape index (κ2) is 7.50. The van der Waals surface area contributed by atoms with E-state index in [2.05, 4.69) is 26.2 Å². The number of hydroxylamine groups is 1. The quantitative estimate of drug-likeness (QED) is 0.536. The van der Waals surface area contributed by atoms with Crippen LogP contribution in [0.3, 0.4) is 0 Å². The molecule has 21 heavy (non-hydrogen) atoms. The van der Waals surface area contributed by atoms with Gasteiger partial charge < -0.3 is 10.1 Å². The molecule has 0 unspecified atom stereocenters. The molecule has 2 rings (SSSR count). The number of hydrogen-bond donors (Lipinski definition) is 3. The van der Waals surface area contributed by atoms with Gasteiger partial charge in [0.1, 0.15) is 0 Å². The lowest BCUT2D eigenvalue weighted by Crippen LogP contribution is -2.25. The van der Waals surface area contributed by atoms with Crippen molar-refractivity contribution in [2.24, 2.45) is 0 Å². The van der Waals surface area contributed by atoms with Gasteiger partial charge in [-0.05, 0) is 28.1 Å². The molecular weight excluding hydrogens is 382 g/mol. The molecule has 0 spiro atoms. The Kier molecular flexibility index (Phi) is 5.67. The molecule has 0 aliphatic rings. The monoisotopic (exact) mass is 391 g/mol.